The number of ether oxygens (including phenoxy) is 1. The average molecular weight is 627 g/mol. The number of imidazole rings is 1. The van der Waals surface area contributed by atoms with E-state index in [2.05, 4.69) is 14.7 Å². The van der Waals surface area contributed by atoms with Crippen molar-refractivity contribution in [1.29, 1.82) is 0 Å². The normalized spacial score (nSPS) is 11.5. The molecule has 3 aromatic heterocycles. The molecule has 5 rings (SSSR count). The first-order chi connectivity index (χ1) is 19.8. The van der Waals surface area contributed by atoms with Crippen LogP contribution in [0.15, 0.2) is 90.3 Å². The number of halogens is 6. The van der Waals surface area contributed by atoms with Gasteiger partial charge in [-0.2, -0.15) is 13.2 Å². The Bertz CT molecular complexity index is 1870. The highest BCUT2D eigenvalue weighted by Crippen LogP contribution is 2.37. The van der Waals surface area contributed by atoms with Gasteiger partial charge in [0.25, 0.3) is 10.0 Å². The van der Waals surface area contributed by atoms with Crippen LogP contribution >= 0.6 is 11.6 Å². The van der Waals surface area contributed by atoms with Gasteiger partial charge in [0.15, 0.2) is 11.6 Å². The summed E-state index contributed by atoms with van der Waals surface area (Å²) in [4.78, 5) is 16.1. The van der Waals surface area contributed by atoms with Crippen LogP contribution in [0, 0.1) is 11.6 Å². The van der Waals surface area contributed by atoms with Crippen molar-refractivity contribution >= 4 is 38.9 Å². The van der Waals surface area contributed by atoms with E-state index in [0.717, 1.165) is 0 Å². The van der Waals surface area contributed by atoms with Crippen molar-refractivity contribution in [2.45, 2.75) is 11.1 Å². The average Bonchev–Trinajstić information content (AvgIpc) is 3.41. The fraction of sp³-hybridized carbons (Fsp3) is 0.0385. The van der Waals surface area contributed by atoms with Crippen LogP contribution in [0.5, 0.6) is 11.5 Å². The van der Waals surface area contributed by atoms with Gasteiger partial charge in [-0.15, -0.1) is 0 Å². The fourth-order valence-electron chi connectivity index (χ4n) is 3.50. The third-order valence-corrected chi connectivity index (χ3v) is 6.93. The SMILES string of the molecule is O=C(O)C(F)(F)F.O=S(=O)(Nc1cccnc1)c1cc(F)c(Oc2ccc(Cl)cc2-c2cccc3nccn23)cc1F. The Morgan fingerprint density at radius 3 is 2.38 bits per heavy atom. The summed E-state index contributed by atoms with van der Waals surface area (Å²) in [6, 6.07) is 14.2. The summed E-state index contributed by atoms with van der Waals surface area (Å²) in [6.45, 7) is 0. The maximum absolute atomic E-state index is 15.0. The standard InChI is InChI=1S/C24H15ClF2N4O3S.C2HF3O2/c25-15-6-7-21(17(11-15)20-4-1-5-24-29-9-10-31(20)24)34-22-12-19(27)23(13-18(22)26)35(32,33)30-16-3-2-8-28-14-16;3-2(4,5)1(6)7/h1-14,30H;(H,6,7). The number of aromatic nitrogens is 3. The number of hydrogen-bond acceptors (Lipinski definition) is 6. The number of nitrogens with zero attached hydrogens (tertiary/aromatic N) is 3. The second-order valence-corrected chi connectivity index (χ2v) is 10.3. The van der Waals surface area contributed by atoms with Crippen LogP contribution in [0.2, 0.25) is 5.02 Å². The van der Waals surface area contributed by atoms with Crippen LogP contribution in [0.1, 0.15) is 0 Å². The predicted molar refractivity (Wildman–Crippen MR) is 141 cm³/mol. The van der Waals surface area contributed by atoms with E-state index in [1.165, 1.54) is 30.6 Å². The summed E-state index contributed by atoms with van der Waals surface area (Å²) < 4.78 is 96.4. The third kappa shape index (κ3) is 6.92. The zero-order valence-electron chi connectivity index (χ0n) is 20.7. The maximum atomic E-state index is 15.0. The van der Waals surface area contributed by atoms with Crippen molar-refractivity contribution in [1.82, 2.24) is 14.4 Å². The lowest BCUT2D eigenvalue weighted by molar-refractivity contribution is -0.192. The number of carboxylic acids is 1. The number of alkyl halides is 3. The Morgan fingerprint density at radius 2 is 1.71 bits per heavy atom. The van der Waals surface area contributed by atoms with Gasteiger partial charge >= 0.3 is 12.1 Å². The predicted octanol–water partition coefficient (Wildman–Crippen LogP) is 6.55. The van der Waals surface area contributed by atoms with E-state index in [9.17, 15) is 30.4 Å². The molecule has 2 N–H and O–H groups in total. The van der Waals surface area contributed by atoms with Crippen LogP contribution in [0.3, 0.4) is 0 Å². The van der Waals surface area contributed by atoms with Gasteiger partial charge < -0.3 is 9.84 Å². The highest BCUT2D eigenvalue weighted by molar-refractivity contribution is 7.92. The molecule has 0 amide bonds. The van der Waals surface area contributed by atoms with Gasteiger partial charge in [-0.1, -0.05) is 17.7 Å². The topological polar surface area (TPSA) is 123 Å². The van der Waals surface area contributed by atoms with Crippen molar-refractivity contribution in [2.75, 3.05) is 4.72 Å². The van der Waals surface area contributed by atoms with Gasteiger partial charge in [-0.25, -0.2) is 27.0 Å². The third-order valence-electron chi connectivity index (χ3n) is 5.30. The van der Waals surface area contributed by atoms with Crippen LogP contribution < -0.4 is 9.46 Å². The molecule has 0 unspecified atom stereocenters. The largest absolute Gasteiger partial charge is 0.490 e. The van der Waals surface area contributed by atoms with E-state index in [-0.39, 0.29) is 11.4 Å². The van der Waals surface area contributed by atoms with Crippen LogP contribution in [0.4, 0.5) is 27.6 Å². The molecule has 16 heteroatoms. The molecule has 0 aliphatic heterocycles. The molecular formula is C26H16ClF5N4O5S. The molecule has 0 atom stereocenters. The Balaban J connectivity index is 0.000000517. The molecule has 0 saturated carbocycles. The lowest BCUT2D eigenvalue weighted by Crippen LogP contribution is -2.21. The van der Waals surface area contributed by atoms with Crippen molar-refractivity contribution in [3.63, 3.8) is 0 Å². The second-order valence-electron chi connectivity index (χ2n) is 8.17. The minimum Gasteiger partial charge on any atom is -0.475 e. The molecule has 0 saturated heterocycles. The number of hydrogen-bond donors (Lipinski definition) is 2. The number of pyridine rings is 2. The van der Waals surface area contributed by atoms with E-state index in [1.807, 2.05) is 6.07 Å². The van der Waals surface area contributed by atoms with E-state index in [1.54, 1.807) is 41.1 Å². The van der Waals surface area contributed by atoms with Gasteiger partial charge in [-0.05, 0) is 42.5 Å². The molecule has 42 heavy (non-hydrogen) atoms. The summed E-state index contributed by atoms with van der Waals surface area (Å²) in [5.41, 5.74) is 1.92. The zero-order valence-corrected chi connectivity index (χ0v) is 22.3. The highest BCUT2D eigenvalue weighted by Gasteiger charge is 2.38. The number of carbonyl (C=O) groups is 1. The van der Waals surface area contributed by atoms with E-state index >= 15 is 0 Å². The lowest BCUT2D eigenvalue weighted by Gasteiger charge is -2.15. The Hall–Kier alpha value is -4.76. The van der Waals surface area contributed by atoms with Crippen molar-refractivity contribution in [3.05, 3.63) is 102 Å². The zero-order chi connectivity index (χ0) is 30.7. The van der Waals surface area contributed by atoms with Crippen molar-refractivity contribution in [2.24, 2.45) is 0 Å². The molecule has 0 aliphatic carbocycles. The van der Waals surface area contributed by atoms with E-state index < -0.39 is 44.4 Å². The first-order valence-corrected chi connectivity index (χ1v) is 13.2. The number of benzene rings is 2. The first-order valence-electron chi connectivity index (χ1n) is 11.4. The molecule has 0 radical (unpaired) electrons. The monoisotopic (exact) mass is 626 g/mol. The Kier molecular flexibility index (Phi) is 8.63. The van der Waals surface area contributed by atoms with Crippen molar-refractivity contribution in [3.8, 4) is 22.8 Å². The summed E-state index contributed by atoms with van der Waals surface area (Å²) in [5.74, 6) is -5.33. The molecule has 2 aromatic carbocycles. The smallest absolute Gasteiger partial charge is 0.475 e. The van der Waals surface area contributed by atoms with Crippen LogP contribution in [-0.2, 0) is 14.8 Å². The molecule has 9 nitrogen and oxygen atoms in total. The molecular weight excluding hydrogens is 611 g/mol. The number of aliphatic carboxylic acids is 1. The number of nitrogens with one attached hydrogen (secondary N) is 1. The first kappa shape index (κ1) is 30.2. The molecule has 218 valence electrons. The number of sulfonamides is 1. The van der Waals surface area contributed by atoms with Crippen molar-refractivity contribution < 1.29 is 45.0 Å². The Labute approximate surface area is 238 Å². The minimum absolute atomic E-state index is 0.104. The molecule has 0 spiro atoms. The van der Waals surface area contributed by atoms with E-state index in [4.69, 9.17) is 26.2 Å². The molecule has 5 aromatic rings. The molecule has 0 bridgehead atoms. The maximum Gasteiger partial charge on any atom is 0.490 e. The van der Waals surface area contributed by atoms with E-state index in [0.29, 0.717) is 34.1 Å². The summed E-state index contributed by atoms with van der Waals surface area (Å²) in [7, 11) is -4.42. The summed E-state index contributed by atoms with van der Waals surface area (Å²) in [6.07, 6.45) is 0.969. The van der Waals surface area contributed by atoms with Gasteiger partial charge in [0.05, 0.1) is 17.6 Å². The van der Waals surface area contributed by atoms with Gasteiger partial charge in [0, 0.05) is 41.3 Å². The van der Waals surface area contributed by atoms with Gasteiger partial charge in [0.1, 0.15) is 22.1 Å². The minimum atomic E-state index is -5.08. The number of carboxylic acid groups (broad SMARTS) is 1. The van der Waals surface area contributed by atoms with Crippen LogP contribution in [0.25, 0.3) is 16.9 Å². The quantitative estimate of drug-likeness (QED) is 0.205. The highest BCUT2D eigenvalue weighted by atomic mass is 35.5. The lowest BCUT2D eigenvalue weighted by atomic mass is 10.1. The van der Waals surface area contributed by atoms with Gasteiger partial charge in [-0.3, -0.25) is 14.1 Å². The van der Waals surface area contributed by atoms with Gasteiger partial charge in [0.2, 0.25) is 0 Å². The number of fused-ring (bicyclic) bond motifs is 1. The van der Waals surface area contributed by atoms with Crippen LogP contribution in [-0.4, -0.2) is 40.0 Å². The molecule has 0 fully saturated rings. The second kappa shape index (κ2) is 12.0. The summed E-state index contributed by atoms with van der Waals surface area (Å²) >= 11 is 6.20. The fourth-order valence-corrected chi connectivity index (χ4v) is 4.79. The molecule has 0 aliphatic rings. The number of rotatable bonds is 6. The Morgan fingerprint density at radius 1 is 0.976 bits per heavy atom. The number of anilines is 1. The molecule has 3 heterocycles. The summed E-state index contributed by atoms with van der Waals surface area (Å²) in [5, 5.41) is 7.53.